The third-order valence-electron chi connectivity index (χ3n) is 2.86. The summed E-state index contributed by atoms with van der Waals surface area (Å²) in [6, 6.07) is 9.48. The lowest BCUT2D eigenvalue weighted by Gasteiger charge is -2.17. The van der Waals surface area contributed by atoms with E-state index < -0.39 is 0 Å². The molecule has 19 heavy (non-hydrogen) atoms. The van der Waals surface area contributed by atoms with Crippen molar-refractivity contribution in [3.63, 3.8) is 0 Å². The fourth-order valence-corrected chi connectivity index (χ4v) is 2.56. The van der Waals surface area contributed by atoms with Gasteiger partial charge in [-0.1, -0.05) is 30.1 Å². The number of hydrogen-bond donors (Lipinski definition) is 1. The van der Waals surface area contributed by atoms with Gasteiger partial charge in [0.25, 0.3) is 0 Å². The lowest BCUT2D eigenvalue weighted by Crippen LogP contribution is -2.22. The van der Waals surface area contributed by atoms with E-state index in [0.29, 0.717) is 10.0 Å². The molecule has 1 heterocycles. The normalized spacial score (nSPS) is 12.6. The number of furan rings is 1. The van der Waals surface area contributed by atoms with Crippen LogP contribution in [0.25, 0.3) is 0 Å². The lowest BCUT2D eigenvalue weighted by molar-refractivity contribution is 0.430. The second-order valence-corrected chi connectivity index (χ2v) is 5.41. The van der Waals surface area contributed by atoms with Crippen LogP contribution in [0, 0.1) is 6.92 Å². The Hall–Kier alpha value is -0.960. The van der Waals surface area contributed by atoms with Crippen LogP contribution in [0.5, 0.6) is 0 Å². The third kappa shape index (κ3) is 3.75. The van der Waals surface area contributed by atoms with Crippen molar-refractivity contribution in [2.75, 3.05) is 6.54 Å². The molecule has 2 aromatic rings. The predicted octanol–water partition coefficient (Wildman–Crippen LogP) is 4.98. The molecule has 0 aliphatic rings. The minimum absolute atomic E-state index is 0.0233. The number of nitrogens with one attached hydrogen (secondary N) is 1. The van der Waals surface area contributed by atoms with Gasteiger partial charge in [-0.15, -0.1) is 0 Å². The fraction of sp³-hybridized carbons (Fsp3) is 0.333. The van der Waals surface area contributed by atoms with Crippen molar-refractivity contribution in [2.45, 2.75) is 26.3 Å². The number of hydrogen-bond acceptors (Lipinski definition) is 2. The number of halogens is 2. The Bertz CT molecular complexity index is 531. The van der Waals surface area contributed by atoms with Gasteiger partial charge in [0.15, 0.2) is 0 Å². The van der Waals surface area contributed by atoms with E-state index in [2.05, 4.69) is 12.2 Å². The Morgan fingerprint density at radius 3 is 2.37 bits per heavy atom. The molecule has 0 aliphatic heterocycles. The first-order valence-corrected chi connectivity index (χ1v) is 7.11. The van der Waals surface area contributed by atoms with Crippen molar-refractivity contribution in [3.05, 3.63) is 57.5 Å². The molecule has 0 saturated heterocycles. The molecule has 0 aliphatic carbocycles. The van der Waals surface area contributed by atoms with Crippen molar-refractivity contribution in [2.24, 2.45) is 0 Å². The molecule has 0 fully saturated rings. The molecule has 2 rings (SSSR count). The quantitative estimate of drug-likeness (QED) is 0.841. The summed E-state index contributed by atoms with van der Waals surface area (Å²) in [7, 11) is 0. The van der Waals surface area contributed by atoms with E-state index in [1.165, 1.54) is 0 Å². The Morgan fingerprint density at radius 2 is 1.84 bits per heavy atom. The van der Waals surface area contributed by atoms with Crippen molar-refractivity contribution >= 4 is 23.2 Å². The average Bonchev–Trinajstić information content (AvgIpc) is 2.75. The highest BCUT2D eigenvalue weighted by molar-refractivity contribution is 6.34. The standard InChI is InChI=1S/C15H17Cl2NO/c1-3-6-18-15(14-5-4-10(2)19-14)11-7-12(16)9-13(17)8-11/h4-5,7-9,15,18H,3,6H2,1-2H3. The molecule has 1 atom stereocenters. The maximum atomic E-state index is 6.08. The average molecular weight is 298 g/mol. The van der Waals surface area contributed by atoms with E-state index in [1.54, 1.807) is 6.07 Å². The number of benzene rings is 1. The molecule has 0 radical (unpaired) electrons. The molecule has 4 heteroatoms. The van der Waals surface area contributed by atoms with Crippen LogP contribution in [0.4, 0.5) is 0 Å². The summed E-state index contributed by atoms with van der Waals surface area (Å²) in [5.74, 6) is 1.77. The van der Waals surface area contributed by atoms with Gasteiger partial charge in [-0.3, -0.25) is 0 Å². The Balaban J connectivity index is 2.36. The highest BCUT2D eigenvalue weighted by Crippen LogP contribution is 2.28. The monoisotopic (exact) mass is 297 g/mol. The first-order valence-electron chi connectivity index (χ1n) is 6.36. The highest BCUT2D eigenvalue weighted by Gasteiger charge is 2.17. The van der Waals surface area contributed by atoms with Crippen molar-refractivity contribution in [1.29, 1.82) is 0 Å². The van der Waals surface area contributed by atoms with Crippen LogP contribution >= 0.6 is 23.2 Å². The van der Waals surface area contributed by atoms with Gasteiger partial charge in [0.05, 0.1) is 6.04 Å². The zero-order valence-corrected chi connectivity index (χ0v) is 12.6. The van der Waals surface area contributed by atoms with E-state index in [0.717, 1.165) is 30.0 Å². The van der Waals surface area contributed by atoms with Crippen LogP contribution in [0.2, 0.25) is 10.0 Å². The van der Waals surface area contributed by atoms with Crippen LogP contribution in [-0.4, -0.2) is 6.54 Å². The third-order valence-corrected chi connectivity index (χ3v) is 3.30. The first-order chi connectivity index (χ1) is 9.10. The SMILES string of the molecule is CCCNC(c1cc(Cl)cc(Cl)c1)c1ccc(C)o1. The molecule has 1 aromatic carbocycles. The minimum atomic E-state index is -0.0233. The van der Waals surface area contributed by atoms with Crippen LogP contribution in [0.15, 0.2) is 34.7 Å². The van der Waals surface area contributed by atoms with Gasteiger partial charge >= 0.3 is 0 Å². The second-order valence-electron chi connectivity index (χ2n) is 4.54. The maximum Gasteiger partial charge on any atom is 0.125 e. The maximum absolute atomic E-state index is 6.08. The molecule has 1 unspecified atom stereocenters. The topological polar surface area (TPSA) is 25.2 Å². The molecular weight excluding hydrogens is 281 g/mol. The fourth-order valence-electron chi connectivity index (χ4n) is 2.02. The van der Waals surface area contributed by atoms with Crippen LogP contribution < -0.4 is 5.32 Å². The number of rotatable bonds is 5. The second kappa shape index (κ2) is 6.47. The lowest BCUT2D eigenvalue weighted by atomic mass is 10.0. The molecule has 1 aromatic heterocycles. The van der Waals surface area contributed by atoms with Gasteiger partial charge in [-0.25, -0.2) is 0 Å². The molecule has 1 N–H and O–H groups in total. The van der Waals surface area contributed by atoms with Crippen LogP contribution in [-0.2, 0) is 0 Å². The highest BCUT2D eigenvalue weighted by atomic mass is 35.5. The smallest absolute Gasteiger partial charge is 0.125 e. The summed E-state index contributed by atoms with van der Waals surface area (Å²) < 4.78 is 5.73. The molecule has 102 valence electrons. The van der Waals surface area contributed by atoms with Crippen molar-refractivity contribution in [3.8, 4) is 0 Å². The Kier molecular flexibility index (Phi) is 4.92. The summed E-state index contributed by atoms with van der Waals surface area (Å²) in [5.41, 5.74) is 1.01. The molecule has 0 spiro atoms. The van der Waals surface area contributed by atoms with Gasteiger partial charge in [0, 0.05) is 10.0 Å². The zero-order chi connectivity index (χ0) is 13.8. The predicted molar refractivity (Wildman–Crippen MR) is 80.0 cm³/mol. The van der Waals surface area contributed by atoms with E-state index in [1.807, 2.05) is 31.2 Å². The van der Waals surface area contributed by atoms with Gasteiger partial charge in [0.2, 0.25) is 0 Å². The summed E-state index contributed by atoms with van der Waals surface area (Å²) in [5, 5.41) is 4.73. The zero-order valence-electron chi connectivity index (χ0n) is 11.0. The van der Waals surface area contributed by atoms with Crippen molar-refractivity contribution in [1.82, 2.24) is 5.32 Å². The summed E-state index contributed by atoms with van der Waals surface area (Å²) in [6.45, 7) is 4.96. The van der Waals surface area contributed by atoms with Gasteiger partial charge in [-0.2, -0.15) is 0 Å². The summed E-state index contributed by atoms with van der Waals surface area (Å²) >= 11 is 12.2. The van der Waals surface area contributed by atoms with E-state index in [-0.39, 0.29) is 6.04 Å². The molecule has 2 nitrogen and oxygen atoms in total. The van der Waals surface area contributed by atoms with E-state index in [4.69, 9.17) is 27.6 Å². The molecule has 0 saturated carbocycles. The number of aryl methyl sites for hydroxylation is 1. The summed E-state index contributed by atoms with van der Waals surface area (Å²) in [4.78, 5) is 0. The molecular formula is C15H17Cl2NO. The van der Waals surface area contributed by atoms with Crippen LogP contribution in [0.3, 0.4) is 0 Å². The van der Waals surface area contributed by atoms with Gasteiger partial charge < -0.3 is 9.73 Å². The molecule has 0 amide bonds. The first kappa shape index (κ1) is 14.4. The van der Waals surface area contributed by atoms with Gasteiger partial charge in [0.1, 0.15) is 11.5 Å². The van der Waals surface area contributed by atoms with Crippen LogP contribution in [0.1, 0.15) is 36.5 Å². The van der Waals surface area contributed by atoms with E-state index >= 15 is 0 Å². The summed E-state index contributed by atoms with van der Waals surface area (Å²) in [6.07, 6.45) is 1.05. The molecule has 0 bridgehead atoms. The minimum Gasteiger partial charge on any atom is -0.464 e. The largest absolute Gasteiger partial charge is 0.464 e. The Labute approximate surface area is 123 Å². The van der Waals surface area contributed by atoms with E-state index in [9.17, 15) is 0 Å². The van der Waals surface area contributed by atoms with Crippen molar-refractivity contribution < 1.29 is 4.42 Å². The Morgan fingerprint density at radius 1 is 1.16 bits per heavy atom. The van der Waals surface area contributed by atoms with Gasteiger partial charge in [-0.05, 0) is 55.8 Å².